The van der Waals surface area contributed by atoms with Crippen LogP contribution < -0.4 is 105 Å². The van der Waals surface area contributed by atoms with E-state index in [1.807, 2.05) is 0 Å². The number of urea groups is 1. The minimum Gasteiger partial charge on any atom is -1.00 e. The number of azo groups is 1. The molecule has 15 nitrogen and oxygen atoms in total. The number of hydrogen-bond donors (Lipinski definition) is 6. The van der Waals surface area contributed by atoms with E-state index in [1.165, 1.54) is 18.2 Å². The van der Waals surface area contributed by atoms with Gasteiger partial charge in [-0.2, -0.15) is 25.3 Å². The molecule has 3 aromatic carbocycles. The molecule has 8 N–H and O–H groups in total. The van der Waals surface area contributed by atoms with Crippen LogP contribution in [-0.2, 0) is 30.4 Å². The quantitative estimate of drug-likeness (QED) is 0.0655. The molecule has 192 valence electrons. The second-order valence-corrected chi connectivity index (χ2v) is 11.1. The average molecular weight is 618 g/mol. The van der Waals surface area contributed by atoms with Crippen LogP contribution in [0, 0.1) is 0 Å². The van der Waals surface area contributed by atoms with Crippen LogP contribution in [0.3, 0.4) is 0 Å². The molecular formula is C17H18N5Na3O10S3. The first-order chi connectivity index (χ1) is 16.0. The first-order valence-electron chi connectivity index (χ1n) is 8.89. The second kappa shape index (κ2) is 13.8. The standard InChI is InChI=1S/C17H15N5O10S3.3Na.3H/c18-9-1-2-12(13(5-9)20-17(19)23)21-22-14-7-11-8(4-16(14)35(30,31)32)3-10(33(24,25)26)6-15(11)34(27,28)29;;;;;;/h1-7H,18H2,(H3,19,20,23)(H,24,25,26)(H,27,28,29)(H,30,31,32);;;;;;/q;3*+1;3*-1. The number of nitrogens with one attached hydrogen (secondary N) is 1. The van der Waals surface area contributed by atoms with Crippen molar-refractivity contribution < 1.29 is 137 Å². The van der Waals surface area contributed by atoms with Gasteiger partial charge in [-0.25, -0.2) is 4.79 Å². The number of primary amides is 1. The summed E-state index contributed by atoms with van der Waals surface area (Å²) in [7, 11) is -15.1. The van der Waals surface area contributed by atoms with Crippen LogP contribution in [0.15, 0.2) is 67.4 Å². The van der Waals surface area contributed by atoms with E-state index in [0.29, 0.717) is 18.2 Å². The summed E-state index contributed by atoms with van der Waals surface area (Å²) in [6.07, 6.45) is 0. The monoisotopic (exact) mass is 617 g/mol. The fraction of sp³-hybridized carbons (Fsp3) is 0. The maximum Gasteiger partial charge on any atom is 1.00 e. The molecule has 0 spiro atoms. The average Bonchev–Trinajstić information content (AvgIpc) is 2.69. The number of carbonyl (C=O) groups is 1. The van der Waals surface area contributed by atoms with Crippen molar-refractivity contribution in [2.24, 2.45) is 16.0 Å². The number of nitrogens with zero attached hydrogens (tertiary/aromatic N) is 2. The Balaban J connectivity index is -0.00000114. The Labute approximate surface area is 287 Å². The molecule has 2 amide bonds. The van der Waals surface area contributed by atoms with Crippen LogP contribution in [0.25, 0.3) is 10.8 Å². The van der Waals surface area contributed by atoms with Crippen LogP contribution in [0.4, 0.5) is 27.5 Å². The normalized spacial score (nSPS) is 11.8. The number of amides is 2. The molecule has 0 radical (unpaired) electrons. The molecule has 0 aliphatic rings. The van der Waals surface area contributed by atoms with Crippen LogP contribution in [0.1, 0.15) is 4.28 Å². The van der Waals surface area contributed by atoms with Gasteiger partial charge in [0.25, 0.3) is 30.4 Å². The number of carbonyl (C=O) groups excluding carboxylic acids is 1. The van der Waals surface area contributed by atoms with E-state index < -0.39 is 67.5 Å². The van der Waals surface area contributed by atoms with Gasteiger partial charge < -0.3 is 21.1 Å². The molecule has 0 atom stereocenters. The van der Waals surface area contributed by atoms with Gasteiger partial charge in [0.05, 0.1) is 10.6 Å². The zero-order valence-electron chi connectivity index (χ0n) is 23.0. The summed E-state index contributed by atoms with van der Waals surface area (Å²) in [6.45, 7) is 0. The summed E-state index contributed by atoms with van der Waals surface area (Å²) in [4.78, 5) is 8.30. The third-order valence-electron chi connectivity index (χ3n) is 4.37. The Morgan fingerprint density at radius 2 is 1.32 bits per heavy atom. The molecule has 21 heteroatoms. The summed E-state index contributed by atoms with van der Waals surface area (Å²) in [5, 5.41) is 8.85. The number of nitrogen functional groups attached to an aromatic ring is 1. The molecule has 0 unspecified atom stereocenters. The first-order valence-corrected chi connectivity index (χ1v) is 13.2. The van der Waals surface area contributed by atoms with Crippen LogP contribution in [0.5, 0.6) is 0 Å². The zero-order valence-corrected chi connectivity index (χ0v) is 28.5. The zero-order chi connectivity index (χ0) is 26.3. The van der Waals surface area contributed by atoms with Gasteiger partial charge in [0, 0.05) is 11.1 Å². The van der Waals surface area contributed by atoms with Gasteiger partial charge in [-0.05, 0) is 47.9 Å². The van der Waals surface area contributed by atoms with E-state index in [0.717, 1.165) is 6.07 Å². The van der Waals surface area contributed by atoms with Crippen molar-refractivity contribution in [3.8, 4) is 0 Å². The van der Waals surface area contributed by atoms with Crippen molar-refractivity contribution in [2.45, 2.75) is 14.7 Å². The van der Waals surface area contributed by atoms with E-state index >= 15 is 0 Å². The molecule has 0 aliphatic carbocycles. The van der Waals surface area contributed by atoms with Crippen molar-refractivity contribution in [3.05, 3.63) is 42.5 Å². The molecule has 0 aliphatic heterocycles. The molecule has 0 heterocycles. The predicted octanol–water partition coefficient (Wildman–Crippen LogP) is -6.58. The second-order valence-electron chi connectivity index (χ2n) is 6.85. The maximum atomic E-state index is 12.0. The Hall–Kier alpha value is -0.680. The van der Waals surface area contributed by atoms with Crippen molar-refractivity contribution >= 4 is 69.9 Å². The summed E-state index contributed by atoms with van der Waals surface area (Å²) in [5.41, 5.74) is 10.2. The molecule has 3 rings (SSSR count). The van der Waals surface area contributed by atoms with Crippen LogP contribution >= 0.6 is 0 Å². The fourth-order valence-electron chi connectivity index (χ4n) is 2.95. The molecular weight excluding hydrogens is 599 g/mol. The van der Waals surface area contributed by atoms with Gasteiger partial charge in [0.2, 0.25) is 0 Å². The van der Waals surface area contributed by atoms with E-state index in [1.54, 1.807) is 0 Å². The van der Waals surface area contributed by atoms with Gasteiger partial charge in [-0.3, -0.25) is 13.7 Å². The third kappa shape index (κ3) is 9.18. The molecule has 3 aromatic rings. The molecule has 0 aromatic heterocycles. The predicted molar refractivity (Wildman–Crippen MR) is 125 cm³/mol. The first kappa shape index (κ1) is 37.3. The van der Waals surface area contributed by atoms with Gasteiger partial charge in [0.15, 0.2) is 0 Å². The number of anilines is 2. The third-order valence-corrected chi connectivity index (χ3v) is 6.97. The minimum atomic E-state index is -5.10. The summed E-state index contributed by atoms with van der Waals surface area (Å²) < 4.78 is 99.2. The van der Waals surface area contributed by atoms with E-state index in [4.69, 9.17) is 11.5 Å². The van der Waals surface area contributed by atoms with E-state index in [9.17, 15) is 43.7 Å². The Morgan fingerprint density at radius 3 is 1.82 bits per heavy atom. The van der Waals surface area contributed by atoms with Gasteiger partial charge in [0.1, 0.15) is 21.2 Å². The maximum absolute atomic E-state index is 12.0. The van der Waals surface area contributed by atoms with Gasteiger partial charge >= 0.3 is 94.7 Å². The number of fused-ring (bicyclic) bond motifs is 1. The topological polar surface area (TPSA) is 269 Å². The van der Waals surface area contributed by atoms with Crippen molar-refractivity contribution in [3.63, 3.8) is 0 Å². The summed E-state index contributed by atoms with van der Waals surface area (Å²) in [5.74, 6) is 0. The Bertz CT molecular complexity index is 1760. The number of nitrogens with two attached hydrogens (primary N) is 2. The SMILES string of the molecule is NC(=O)Nc1cc(N)ccc1N=Nc1cc2c(S(=O)(=O)O)cc(S(=O)(=O)O)cc2cc1S(=O)(=O)O.[H-].[H-].[H-].[Na+].[Na+].[Na+]. The largest absolute Gasteiger partial charge is 1.00 e. The number of hydrogen-bond acceptors (Lipinski definition) is 10. The van der Waals surface area contributed by atoms with Crippen LogP contribution in [-0.4, -0.2) is 44.9 Å². The van der Waals surface area contributed by atoms with E-state index in [-0.39, 0.29) is 110 Å². The van der Waals surface area contributed by atoms with Gasteiger partial charge in [-0.15, -0.1) is 10.2 Å². The fourth-order valence-corrected chi connectivity index (χ4v) is 4.94. The smallest absolute Gasteiger partial charge is 1.00 e. The van der Waals surface area contributed by atoms with E-state index in [2.05, 4.69) is 15.5 Å². The summed E-state index contributed by atoms with van der Waals surface area (Å²) >= 11 is 0. The van der Waals surface area contributed by atoms with Crippen molar-refractivity contribution in [1.82, 2.24) is 0 Å². The molecule has 0 fully saturated rings. The Morgan fingerprint density at radius 1 is 0.763 bits per heavy atom. The number of rotatable bonds is 6. The van der Waals surface area contributed by atoms with Crippen molar-refractivity contribution in [1.29, 1.82) is 0 Å². The van der Waals surface area contributed by atoms with Crippen molar-refractivity contribution in [2.75, 3.05) is 11.1 Å². The number of benzene rings is 3. The molecule has 38 heavy (non-hydrogen) atoms. The Kier molecular flexibility index (Phi) is 13.5. The summed E-state index contributed by atoms with van der Waals surface area (Å²) in [6, 6.07) is 5.52. The minimum absolute atomic E-state index is 0. The molecule has 0 saturated carbocycles. The molecule has 0 bridgehead atoms. The molecule has 0 saturated heterocycles. The van der Waals surface area contributed by atoms with Gasteiger partial charge in [-0.1, -0.05) is 0 Å². The van der Waals surface area contributed by atoms with Crippen LogP contribution in [0.2, 0.25) is 0 Å².